The lowest BCUT2D eigenvalue weighted by Gasteiger charge is -2.44. The molecule has 0 spiro atoms. The van der Waals surface area contributed by atoms with Crippen molar-refractivity contribution < 1.29 is 4.74 Å². The van der Waals surface area contributed by atoms with E-state index in [4.69, 9.17) is 10.5 Å². The van der Waals surface area contributed by atoms with Gasteiger partial charge in [-0.25, -0.2) is 4.98 Å². The maximum absolute atomic E-state index is 5.88. The second kappa shape index (κ2) is 5.20. The average molecular weight is 248 g/mol. The van der Waals surface area contributed by atoms with Crippen molar-refractivity contribution in [2.75, 3.05) is 18.1 Å². The molecule has 1 aromatic heterocycles. The molecule has 98 valence electrons. The molecule has 0 amide bonds. The van der Waals surface area contributed by atoms with Gasteiger partial charge in [0.05, 0.1) is 30.6 Å². The number of aromatic nitrogens is 2. The van der Waals surface area contributed by atoms with Crippen LogP contribution in [0.5, 0.6) is 0 Å². The van der Waals surface area contributed by atoms with Gasteiger partial charge in [-0.3, -0.25) is 4.98 Å². The van der Waals surface area contributed by atoms with E-state index in [-0.39, 0.29) is 0 Å². The summed E-state index contributed by atoms with van der Waals surface area (Å²) in [4.78, 5) is 11.2. The first kappa shape index (κ1) is 11.9. The smallest absolute Gasteiger partial charge is 0.147 e. The maximum atomic E-state index is 5.88. The van der Waals surface area contributed by atoms with E-state index >= 15 is 0 Å². The topological polar surface area (TPSA) is 64.3 Å². The Hall–Kier alpha value is -1.20. The van der Waals surface area contributed by atoms with Crippen LogP contribution in [-0.2, 0) is 11.3 Å². The van der Waals surface area contributed by atoms with Gasteiger partial charge >= 0.3 is 0 Å². The summed E-state index contributed by atoms with van der Waals surface area (Å²) in [6, 6.07) is 0.467. The van der Waals surface area contributed by atoms with Crippen LogP contribution in [0.15, 0.2) is 12.4 Å². The number of morpholine rings is 1. The minimum absolute atomic E-state index is 0.371. The summed E-state index contributed by atoms with van der Waals surface area (Å²) in [7, 11) is 0. The Labute approximate surface area is 107 Å². The molecule has 1 saturated carbocycles. The normalized spacial score (nSPS) is 27.9. The van der Waals surface area contributed by atoms with Crippen LogP contribution < -0.4 is 10.6 Å². The van der Waals surface area contributed by atoms with E-state index in [0.29, 0.717) is 18.7 Å². The Bertz CT molecular complexity index is 410. The van der Waals surface area contributed by atoms with Crippen molar-refractivity contribution in [1.29, 1.82) is 0 Å². The minimum Gasteiger partial charge on any atom is -0.374 e. The number of nitrogens with two attached hydrogens (primary N) is 1. The third-order valence-corrected chi connectivity index (χ3v) is 3.91. The Morgan fingerprint density at radius 1 is 1.33 bits per heavy atom. The van der Waals surface area contributed by atoms with Crippen molar-refractivity contribution in [1.82, 2.24) is 9.97 Å². The SMILES string of the molecule is NCc1cncc(N2CCOC3CCCCC32)n1. The molecule has 2 atom stereocenters. The molecule has 0 bridgehead atoms. The molecule has 18 heavy (non-hydrogen) atoms. The van der Waals surface area contributed by atoms with Gasteiger partial charge in [0.25, 0.3) is 0 Å². The number of anilines is 1. The second-order valence-electron chi connectivity index (χ2n) is 5.03. The van der Waals surface area contributed by atoms with Gasteiger partial charge in [-0.1, -0.05) is 12.8 Å². The third kappa shape index (κ3) is 2.20. The van der Waals surface area contributed by atoms with E-state index in [0.717, 1.165) is 24.7 Å². The Morgan fingerprint density at radius 3 is 3.11 bits per heavy atom. The fourth-order valence-corrected chi connectivity index (χ4v) is 3.01. The highest BCUT2D eigenvalue weighted by molar-refractivity contribution is 5.39. The monoisotopic (exact) mass is 248 g/mol. The molecule has 3 rings (SSSR count). The number of nitrogens with zero attached hydrogens (tertiary/aromatic N) is 3. The number of ether oxygens (including phenoxy) is 1. The molecule has 2 fully saturated rings. The zero-order chi connectivity index (χ0) is 12.4. The van der Waals surface area contributed by atoms with Crippen LogP contribution in [0.4, 0.5) is 5.82 Å². The van der Waals surface area contributed by atoms with Crippen LogP contribution in [-0.4, -0.2) is 35.3 Å². The zero-order valence-electron chi connectivity index (χ0n) is 10.6. The van der Waals surface area contributed by atoms with Gasteiger partial charge in [0.1, 0.15) is 5.82 Å². The number of hydrogen-bond acceptors (Lipinski definition) is 5. The average Bonchev–Trinajstić information content (AvgIpc) is 2.47. The third-order valence-electron chi connectivity index (χ3n) is 3.91. The molecule has 1 saturated heterocycles. The first-order chi connectivity index (χ1) is 8.88. The van der Waals surface area contributed by atoms with Gasteiger partial charge in [-0.2, -0.15) is 0 Å². The maximum Gasteiger partial charge on any atom is 0.147 e. The molecule has 1 aliphatic heterocycles. The van der Waals surface area contributed by atoms with Crippen molar-refractivity contribution in [2.24, 2.45) is 5.73 Å². The van der Waals surface area contributed by atoms with Gasteiger partial charge in [-0.15, -0.1) is 0 Å². The standard InChI is InChI=1S/C13H20N4O/c14-7-10-8-15-9-13(16-10)17-5-6-18-12-4-2-1-3-11(12)17/h8-9,11-12H,1-7,14H2. The largest absolute Gasteiger partial charge is 0.374 e. The van der Waals surface area contributed by atoms with Crippen LogP contribution in [0.1, 0.15) is 31.4 Å². The molecule has 2 heterocycles. The lowest BCUT2D eigenvalue weighted by molar-refractivity contribution is -0.00902. The van der Waals surface area contributed by atoms with E-state index in [1.165, 1.54) is 25.7 Å². The van der Waals surface area contributed by atoms with Gasteiger partial charge in [0.15, 0.2) is 0 Å². The lowest BCUT2D eigenvalue weighted by Crippen LogP contribution is -2.53. The quantitative estimate of drug-likeness (QED) is 0.848. The van der Waals surface area contributed by atoms with Gasteiger partial charge in [-0.05, 0) is 12.8 Å². The fourth-order valence-electron chi connectivity index (χ4n) is 3.01. The van der Waals surface area contributed by atoms with Crippen LogP contribution >= 0.6 is 0 Å². The Balaban J connectivity index is 1.84. The van der Waals surface area contributed by atoms with E-state index in [9.17, 15) is 0 Å². The van der Waals surface area contributed by atoms with Crippen molar-refractivity contribution >= 4 is 5.82 Å². The second-order valence-corrected chi connectivity index (χ2v) is 5.03. The van der Waals surface area contributed by atoms with E-state index in [1.807, 2.05) is 6.20 Å². The minimum atomic E-state index is 0.371. The summed E-state index contributed by atoms with van der Waals surface area (Å²) in [5.41, 5.74) is 6.49. The lowest BCUT2D eigenvalue weighted by atomic mass is 9.90. The summed E-state index contributed by atoms with van der Waals surface area (Å²) >= 11 is 0. The molecule has 5 heteroatoms. The molecule has 2 unspecified atom stereocenters. The predicted octanol–water partition coefficient (Wildman–Crippen LogP) is 1.08. The highest BCUT2D eigenvalue weighted by Crippen LogP contribution is 2.30. The van der Waals surface area contributed by atoms with Crippen LogP contribution in [0, 0.1) is 0 Å². The number of hydrogen-bond donors (Lipinski definition) is 1. The van der Waals surface area contributed by atoms with Crippen LogP contribution in [0.3, 0.4) is 0 Å². The first-order valence-corrected chi connectivity index (χ1v) is 6.78. The summed E-state index contributed by atoms with van der Waals surface area (Å²) in [6.45, 7) is 2.14. The van der Waals surface area contributed by atoms with Crippen molar-refractivity contribution in [2.45, 2.75) is 44.4 Å². The van der Waals surface area contributed by atoms with E-state index in [1.54, 1.807) is 6.20 Å². The molecule has 5 nitrogen and oxygen atoms in total. The first-order valence-electron chi connectivity index (χ1n) is 6.78. The van der Waals surface area contributed by atoms with Gasteiger partial charge in [0, 0.05) is 19.3 Å². The predicted molar refractivity (Wildman–Crippen MR) is 69.3 cm³/mol. The van der Waals surface area contributed by atoms with Crippen LogP contribution in [0.2, 0.25) is 0 Å². The molecular weight excluding hydrogens is 228 g/mol. The van der Waals surface area contributed by atoms with Crippen molar-refractivity contribution in [3.8, 4) is 0 Å². The molecule has 0 aromatic carbocycles. The van der Waals surface area contributed by atoms with Crippen LogP contribution in [0.25, 0.3) is 0 Å². The zero-order valence-corrected chi connectivity index (χ0v) is 10.6. The van der Waals surface area contributed by atoms with Gasteiger partial charge in [0.2, 0.25) is 0 Å². The summed E-state index contributed by atoms with van der Waals surface area (Å²) in [5.74, 6) is 0.957. The Morgan fingerprint density at radius 2 is 2.22 bits per heavy atom. The number of fused-ring (bicyclic) bond motifs is 1. The molecule has 2 aliphatic rings. The fraction of sp³-hybridized carbons (Fsp3) is 0.692. The molecule has 1 aliphatic carbocycles. The number of rotatable bonds is 2. The molecular formula is C13H20N4O. The summed E-state index contributed by atoms with van der Waals surface area (Å²) in [6.07, 6.45) is 8.88. The van der Waals surface area contributed by atoms with Gasteiger partial charge < -0.3 is 15.4 Å². The molecule has 1 aromatic rings. The summed E-state index contributed by atoms with van der Waals surface area (Å²) in [5, 5.41) is 0. The summed E-state index contributed by atoms with van der Waals surface area (Å²) < 4.78 is 5.88. The van der Waals surface area contributed by atoms with E-state index in [2.05, 4.69) is 14.9 Å². The molecule has 2 N–H and O–H groups in total. The highest BCUT2D eigenvalue weighted by Gasteiger charge is 2.34. The van der Waals surface area contributed by atoms with Crippen molar-refractivity contribution in [3.63, 3.8) is 0 Å². The van der Waals surface area contributed by atoms with Crippen molar-refractivity contribution in [3.05, 3.63) is 18.1 Å². The van der Waals surface area contributed by atoms with E-state index < -0.39 is 0 Å². The molecule has 0 radical (unpaired) electrons. The highest BCUT2D eigenvalue weighted by atomic mass is 16.5. The Kier molecular flexibility index (Phi) is 3.43.